The van der Waals surface area contributed by atoms with Crippen LogP contribution in [0.1, 0.15) is 28.7 Å². The van der Waals surface area contributed by atoms with E-state index in [1.165, 1.54) is 0 Å². The van der Waals surface area contributed by atoms with Crippen molar-refractivity contribution in [3.8, 4) is 0 Å². The Morgan fingerprint density at radius 1 is 1.07 bits per heavy atom. The molecule has 0 bridgehead atoms. The highest BCUT2D eigenvalue weighted by Crippen LogP contribution is 2.14. The number of hydrogen-bond donors (Lipinski definition) is 2. The van der Waals surface area contributed by atoms with Gasteiger partial charge in [-0.25, -0.2) is 18.1 Å². The number of hydrogen-bond acceptors (Lipinski definition) is 4. The lowest BCUT2D eigenvalue weighted by Crippen LogP contribution is -2.30. The summed E-state index contributed by atoms with van der Waals surface area (Å²) in [6, 6.07) is 12.8. The Balaban J connectivity index is 1.50. The highest BCUT2D eigenvalue weighted by atomic mass is 32.2. The van der Waals surface area contributed by atoms with E-state index in [1.807, 2.05) is 48.9 Å². The van der Waals surface area contributed by atoms with Gasteiger partial charge in [-0.2, -0.15) is 0 Å². The van der Waals surface area contributed by atoms with Gasteiger partial charge in [-0.1, -0.05) is 30.3 Å². The fourth-order valence-electron chi connectivity index (χ4n) is 3.01. The molecule has 1 amide bonds. The van der Waals surface area contributed by atoms with Gasteiger partial charge in [0.2, 0.25) is 15.9 Å². The van der Waals surface area contributed by atoms with Crippen LogP contribution in [-0.4, -0.2) is 30.4 Å². The Labute approximate surface area is 177 Å². The SMILES string of the molecule is Cc1ccc(S(=O)(=O)NCCC(=O)NCc2ccccc2Cn2ccnc2)cc1C. The zero-order valence-electron chi connectivity index (χ0n) is 17.1. The monoisotopic (exact) mass is 426 g/mol. The molecule has 0 unspecified atom stereocenters. The molecule has 3 rings (SSSR count). The number of aryl methyl sites for hydroxylation is 2. The lowest BCUT2D eigenvalue weighted by atomic mass is 10.1. The molecule has 0 saturated heterocycles. The second-order valence-electron chi connectivity index (χ2n) is 7.17. The van der Waals surface area contributed by atoms with Gasteiger partial charge in [0.15, 0.2) is 0 Å². The largest absolute Gasteiger partial charge is 0.352 e. The Morgan fingerprint density at radius 2 is 1.83 bits per heavy atom. The van der Waals surface area contributed by atoms with Crippen LogP contribution in [0.3, 0.4) is 0 Å². The van der Waals surface area contributed by atoms with Gasteiger partial charge in [-0.05, 0) is 48.2 Å². The topological polar surface area (TPSA) is 93.1 Å². The van der Waals surface area contributed by atoms with Crippen molar-refractivity contribution in [1.82, 2.24) is 19.6 Å². The fraction of sp³-hybridized carbons (Fsp3) is 0.273. The molecule has 1 heterocycles. The minimum atomic E-state index is -3.64. The molecule has 2 aromatic carbocycles. The van der Waals surface area contributed by atoms with Crippen LogP contribution in [-0.2, 0) is 27.9 Å². The Hall–Kier alpha value is -2.97. The molecule has 158 valence electrons. The summed E-state index contributed by atoms with van der Waals surface area (Å²) >= 11 is 0. The molecule has 7 nitrogen and oxygen atoms in total. The minimum absolute atomic E-state index is 0.0395. The van der Waals surface area contributed by atoms with Crippen molar-refractivity contribution in [1.29, 1.82) is 0 Å². The highest BCUT2D eigenvalue weighted by molar-refractivity contribution is 7.89. The highest BCUT2D eigenvalue weighted by Gasteiger charge is 2.15. The first-order chi connectivity index (χ1) is 14.3. The van der Waals surface area contributed by atoms with Gasteiger partial charge in [0.25, 0.3) is 0 Å². The van der Waals surface area contributed by atoms with Crippen molar-refractivity contribution < 1.29 is 13.2 Å². The Kier molecular flexibility index (Phi) is 7.02. The summed E-state index contributed by atoms with van der Waals surface area (Å²) in [7, 11) is -3.64. The Bertz CT molecular complexity index is 1110. The van der Waals surface area contributed by atoms with E-state index in [0.29, 0.717) is 13.1 Å². The van der Waals surface area contributed by atoms with Crippen molar-refractivity contribution in [2.24, 2.45) is 0 Å². The second kappa shape index (κ2) is 9.69. The summed E-state index contributed by atoms with van der Waals surface area (Å²) in [6.07, 6.45) is 5.42. The van der Waals surface area contributed by atoms with Crippen molar-refractivity contribution in [2.75, 3.05) is 6.54 Å². The Morgan fingerprint density at radius 3 is 2.53 bits per heavy atom. The van der Waals surface area contributed by atoms with Gasteiger partial charge in [-0.3, -0.25) is 4.79 Å². The van der Waals surface area contributed by atoms with Gasteiger partial charge >= 0.3 is 0 Å². The second-order valence-corrected chi connectivity index (χ2v) is 8.94. The van der Waals surface area contributed by atoms with Gasteiger partial charge in [0, 0.05) is 38.4 Å². The standard InChI is InChI=1S/C22H26N4O3S/c1-17-7-8-21(13-18(17)2)30(28,29)25-10-9-22(27)24-14-19-5-3-4-6-20(19)15-26-12-11-23-16-26/h3-8,11-13,16,25H,9-10,14-15H2,1-2H3,(H,24,27). The first-order valence-electron chi connectivity index (χ1n) is 9.71. The maximum Gasteiger partial charge on any atom is 0.240 e. The summed E-state index contributed by atoms with van der Waals surface area (Å²) in [6.45, 7) is 4.89. The van der Waals surface area contributed by atoms with Crippen LogP contribution in [0.15, 0.2) is 66.1 Å². The molecule has 0 fully saturated rings. The van der Waals surface area contributed by atoms with Gasteiger partial charge in [0.05, 0.1) is 11.2 Å². The average molecular weight is 427 g/mol. The van der Waals surface area contributed by atoms with E-state index in [9.17, 15) is 13.2 Å². The third-order valence-electron chi connectivity index (χ3n) is 4.94. The molecule has 3 aromatic rings. The number of rotatable bonds is 9. The van der Waals surface area contributed by atoms with E-state index in [2.05, 4.69) is 15.0 Å². The summed E-state index contributed by atoms with van der Waals surface area (Å²) in [5.41, 5.74) is 4.04. The number of carbonyl (C=O) groups is 1. The molecule has 0 aliphatic rings. The van der Waals surface area contributed by atoms with Gasteiger partial charge in [0.1, 0.15) is 0 Å². The van der Waals surface area contributed by atoms with Crippen molar-refractivity contribution in [3.63, 3.8) is 0 Å². The van der Waals surface area contributed by atoms with E-state index in [0.717, 1.165) is 22.3 Å². The number of nitrogens with zero attached hydrogens (tertiary/aromatic N) is 2. The van der Waals surface area contributed by atoms with E-state index in [1.54, 1.807) is 30.7 Å². The molecule has 0 spiro atoms. The molecule has 0 atom stereocenters. The number of sulfonamides is 1. The first-order valence-corrected chi connectivity index (χ1v) is 11.2. The first kappa shape index (κ1) is 21.7. The normalized spacial score (nSPS) is 11.4. The molecule has 2 N–H and O–H groups in total. The molecule has 0 radical (unpaired) electrons. The minimum Gasteiger partial charge on any atom is -0.352 e. The quantitative estimate of drug-likeness (QED) is 0.550. The summed E-state index contributed by atoms with van der Waals surface area (Å²) in [5.74, 6) is -0.213. The number of imidazole rings is 1. The molecule has 0 aliphatic heterocycles. The number of benzene rings is 2. The number of aromatic nitrogens is 2. The van der Waals surface area contributed by atoms with E-state index >= 15 is 0 Å². The molecule has 1 aromatic heterocycles. The number of amides is 1. The van der Waals surface area contributed by atoms with Crippen molar-refractivity contribution >= 4 is 15.9 Å². The van der Waals surface area contributed by atoms with Crippen molar-refractivity contribution in [2.45, 2.75) is 38.3 Å². The molecule has 0 saturated carbocycles. The maximum atomic E-state index is 12.4. The van der Waals surface area contributed by atoms with E-state index in [4.69, 9.17) is 0 Å². The maximum absolute atomic E-state index is 12.4. The number of nitrogens with one attached hydrogen (secondary N) is 2. The van der Waals surface area contributed by atoms with Crippen LogP contribution in [0.4, 0.5) is 0 Å². The van der Waals surface area contributed by atoms with Gasteiger partial charge < -0.3 is 9.88 Å². The summed E-state index contributed by atoms with van der Waals surface area (Å²) in [5, 5.41) is 2.86. The zero-order chi connectivity index (χ0) is 21.6. The smallest absolute Gasteiger partial charge is 0.240 e. The van der Waals surface area contributed by atoms with E-state index in [-0.39, 0.29) is 23.8 Å². The average Bonchev–Trinajstić information content (AvgIpc) is 3.22. The lowest BCUT2D eigenvalue weighted by molar-refractivity contribution is -0.121. The molecule has 0 aliphatic carbocycles. The zero-order valence-corrected chi connectivity index (χ0v) is 17.9. The van der Waals surface area contributed by atoms with Crippen LogP contribution < -0.4 is 10.0 Å². The number of carbonyl (C=O) groups excluding carboxylic acids is 1. The molecular weight excluding hydrogens is 400 g/mol. The van der Waals surface area contributed by atoms with Crippen LogP contribution >= 0.6 is 0 Å². The van der Waals surface area contributed by atoms with Crippen LogP contribution in [0.2, 0.25) is 0 Å². The van der Waals surface area contributed by atoms with Crippen LogP contribution in [0.25, 0.3) is 0 Å². The van der Waals surface area contributed by atoms with Crippen molar-refractivity contribution in [3.05, 3.63) is 83.4 Å². The van der Waals surface area contributed by atoms with Gasteiger partial charge in [-0.15, -0.1) is 0 Å². The lowest BCUT2D eigenvalue weighted by Gasteiger charge is -2.12. The predicted molar refractivity (Wildman–Crippen MR) is 115 cm³/mol. The van der Waals surface area contributed by atoms with Crippen LogP contribution in [0.5, 0.6) is 0 Å². The summed E-state index contributed by atoms with van der Waals surface area (Å²) < 4.78 is 29.3. The third-order valence-corrected chi connectivity index (χ3v) is 6.40. The molecule has 8 heteroatoms. The van der Waals surface area contributed by atoms with Crippen LogP contribution in [0, 0.1) is 13.8 Å². The molecule has 30 heavy (non-hydrogen) atoms. The molecular formula is C22H26N4O3S. The predicted octanol–water partition coefficient (Wildman–Crippen LogP) is 2.53. The van der Waals surface area contributed by atoms with E-state index < -0.39 is 10.0 Å². The fourth-order valence-corrected chi connectivity index (χ4v) is 4.12. The summed E-state index contributed by atoms with van der Waals surface area (Å²) in [4.78, 5) is 16.5. The third kappa shape index (κ3) is 5.77.